The maximum absolute atomic E-state index is 13.3. The molecule has 2 aromatic heterocycles. The predicted molar refractivity (Wildman–Crippen MR) is 111 cm³/mol. The van der Waals surface area contributed by atoms with E-state index < -0.39 is 0 Å². The first-order valence-electron chi connectivity index (χ1n) is 10.2. The molecule has 4 heterocycles. The van der Waals surface area contributed by atoms with Gasteiger partial charge >= 0.3 is 0 Å². The van der Waals surface area contributed by atoms with Crippen molar-refractivity contribution in [2.45, 2.75) is 51.1 Å². The first kappa shape index (κ1) is 18.5. The van der Waals surface area contributed by atoms with Gasteiger partial charge in [-0.2, -0.15) is 9.36 Å². The molecule has 152 valence electrons. The Kier molecular flexibility index (Phi) is 4.91. The Morgan fingerprint density at radius 2 is 1.90 bits per heavy atom. The smallest absolute Gasteiger partial charge is 0.242 e. The molecular weight excluding hydrogens is 389 g/mol. The van der Waals surface area contributed by atoms with Gasteiger partial charge in [0.1, 0.15) is 17.5 Å². The molecule has 9 heteroatoms. The summed E-state index contributed by atoms with van der Waals surface area (Å²) >= 11 is 1.47. The standard InChI is InChI=1S/C20H24FN7S/c1-13-22-20(29-26-13)27-11-9-16(10-12-27)23-19-24-18-4-2-3-17(28(18)25-19)14-5-7-15(21)8-6-14/h5-8,16-17H,2-4,9-12H2,1H3,(H,23,25). The van der Waals surface area contributed by atoms with Crippen LogP contribution >= 0.6 is 11.5 Å². The predicted octanol–water partition coefficient (Wildman–Crippen LogP) is 3.58. The van der Waals surface area contributed by atoms with E-state index in [9.17, 15) is 4.39 Å². The normalized spacial score (nSPS) is 19.9. The third-order valence-electron chi connectivity index (χ3n) is 5.75. The molecule has 0 spiro atoms. The van der Waals surface area contributed by atoms with E-state index in [1.807, 2.05) is 23.7 Å². The third-order valence-corrected chi connectivity index (χ3v) is 6.61. The maximum Gasteiger partial charge on any atom is 0.242 e. The van der Waals surface area contributed by atoms with Crippen molar-refractivity contribution < 1.29 is 4.39 Å². The number of nitrogens with zero attached hydrogens (tertiary/aromatic N) is 6. The summed E-state index contributed by atoms with van der Waals surface area (Å²) < 4.78 is 19.6. The van der Waals surface area contributed by atoms with E-state index >= 15 is 0 Å². The summed E-state index contributed by atoms with van der Waals surface area (Å²) in [6.45, 7) is 3.84. The summed E-state index contributed by atoms with van der Waals surface area (Å²) in [6, 6.07) is 7.24. The molecule has 1 fully saturated rings. The molecule has 1 N–H and O–H groups in total. The minimum absolute atomic E-state index is 0.130. The Bertz CT molecular complexity index is 975. The highest BCUT2D eigenvalue weighted by Gasteiger charge is 2.27. The molecule has 0 amide bonds. The fourth-order valence-corrected chi connectivity index (χ4v) is 4.94. The molecular formula is C20H24FN7S. The van der Waals surface area contributed by atoms with Gasteiger partial charge in [-0.25, -0.2) is 14.1 Å². The number of hydrogen-bond acceptors (Lipinski definition) is 7. The van der Waals surface area contributed by atoms with Gasteiger partial charge in [0.15, 0.2) is 0 Å². The lowest BCUT2D eigenvalue weighted by molar-refractivity contribution is 0.412. The molecule has 7 nitrogen and oxygen atoms in total. The van der Waals surface area contributed by atoms with Crippen LogP contribution in [0.25, 0.3) is 0 Å². The number of aryl methyl sites for hydroxylation is 2. The lowest BCUT2D eigenvalue weighted by Gasteiger charge is -2.31. The second kappa shape index (κ2) is 7.70. The second-order valence-electron chi connectivity index (χ2n) is 7.79. The van der Waals surface area contributed by atoms with E-state index in [1.54, 1.807) is 0 Å². The Balaban J connectivity index is 1.26. The van der Waals surface area contributed by atoms with Crippen LogP contribution < -0.4 is 10.2 Å². The monoisotopic (exact) mass is 413 g/mol. The van der Waals surface area contributed by atoms with Crippen LogP contribution in [0.15, 0.2) is 24.3 Å². The van der Waals surface area contributed by atoms with Crippen molar-refractivity contribution in [2.75, 3.05) is 23.3 Å². The summed E-state index contributed by atoms with van der Waals surface area (Å²) in [4.78, 5) is 11.5. The van der Waals surface area contributed by atoms with Crippen molar-refractivity contribution in [3.05, 3.63) is 47.3 Å². The van der Waals surface area contributed by atoms with Gasteiger partial charge in [0.2, 0.25) is 11.1 Å². The zero-order valence-electron chi connectivity index (χ0n) is 16.4. The van der Waals surface area contributed by atoms with Crippen LogP contribution in [0.2, 0.25) is 0 Å². The largest absolute Gasteiger partial charge is 0.350 e. The summed E-state index contributed by atoms with van der Waals surface area (Å²) in [5, 5.41) is 9.32. The Hall–Kier alpha value is -2.55. The van der Waals surface area contributed by atoms with E-state index in [0.29, 0.717) is 12.0 Å². The van der Waals surface area contributed by atoms with Crippen LogP contribution in [-0.2, 0) is 6.42 Å². The number of piperidine rings is 1. The third kappa shape index (κ3) is 3.83. The molecule has 29 heavy (non-hydrogen) atoms. The molecule has 1 unspecified atom stereocenters. The van der Waals surface area contributed by atoms with Crippen molar-refractivity contribution in [1.29, 1.82) is 0 Å². The molecule has 0 radical (unpaired) electrons. The van der Waals surface area contributed by atoms with Gasteiger partial charge in [0, 0.05) is 37.1 Å². The second-order valence-corrected chi connectivity index (χ2v) is 8.52. The van der Waals surface area contributed by atoms with Gasteiger partial charge in [-0.05, 0) is 50.3 Å². The van der Waals surface area contributed by atoms with Crippen LogP contribution in [0.4, 0.5) is 15.5 Å². The van der Waals surface area contributed by atoms with Crippen molar-refractivity contribution in [3.63, 3.8) is 0 Å². The topological polar surface area (TPSA) is 71.8 Å². The average Bonchev–Trinajstić information content (AvgIpc) is 3.35. The molecule has 3 aromatic rings. The molecule has 2 aliphatic rings. The van der Waals surface area contributed by atoms with Gasteiger partial charge < -0.3 is 10.2 Å². The summed E-state index contributed by atoms with van der Waals surface area (Å²) in [5.41, 5.74) is 1.09. The van der Waals surface area contributed by atoms with Crippen LogP contribution in [-0.4, -0.2) is 43.3 Å². The number of aromatic nitrogens is 5. The zero-order valence-corrected chi connectivity index (χ0v) is 17.2. The number of benzene rings is 1. The highest BCUT2D eigenvalue weighted by molar-refractivity contribution is 7.09. The number of halogens is 1. The van der Waals surface area contributed by atoms with E-state index in [-0.39, 0.29) is 11.9 Å². The van der Waals surface area contributed by atoms with Crippen LogP contribution in [0.5, 0.6) is 0 Å². The number of fused-ring (bicyclic) bond motifs is 1. The van der Waals surface area contributed by atoms with Gasteiger partial charge in [-0.3, -0.25) is 0 Å². The molecule has 0 aliphatic carbocycles. The molecule has 0 saturated carbocycles. The van der Waals surface area contributed by atoms with E-state index in [1.165, 1.54) is 23.7 Å². The van der Waals surface area contributed by atoms with Crippen molar-refractivity contribution in [2.24, 2.45) is 0 Å². The van der Waals surface area contributed by atoms with Crippen molar-refractivity contribution in [1.82, 2.24) is 24.1 Å². The quantitative estimate of drug-likeness (QED) is 0.705. The maximum atomic E-state index is 13.3. The van der Waals surface area contributed by atoms with Gasteiger partial charge in [-0.1, -0.05) is 12.1 Å². The molecule has 1 aromatic carbocycles. The highest BCUT2D eigenvalue weighted by atomic mass is 32.1. The molecule has 2 aliphatic heterocycles. The molecule has 1 atom stereocenters. The summed E-state index contributed by atoms with van der Waals surface area (Å²) in [6.07, 6.45) is 5.04. The summed E-state index contributed by atoms with van der Waals surface area (Å²) in [5.74, 6) is 2.35. The van der Waals surface area contributed by atoms with E-state index in [0.717, 1.165) is 67.5 Å². The summed E-state index contributed by atoms with van der Waals surface area (Å²) in [7, 11) is 0. The zero-order chi connectivity index (χ0) is 19.8. The minimum atomic E-state index is -0.208. The Morgan fingerprint density at radius 1 is 1.10 bits per heavy atom. The van der Waals surface area contributed by atoms with Crippen molar-refractivity contribution >= 4 is 22.6 Å². The number of hydrogen-bond donors (Lipinski definition) is 1. The van der Waals surface area contributed by atoms with Crippen molar-refractivity contribution in [3.8, 4) is 0 Å². The highest BCUT2D eigenvalue weighted by Crippen LogP contribution is 2.31. The Morgan fingerprint density at radius 3 is 2.62 bits per heavy atom. The SMILES string of the molecule is Cc1nsc(N2CCC(Nc3nc4n(n3)C(c3ccc(F)cc3)CCC4)CC2)n1. The molecule has 0 bridgehead atoms. The van der Waals surface area contributed by atoms with E-state index in [2.05, 4.69) is 19.6 Å². The molecule has 5 rings (SSSR count). The van der Waals surface area contributed by atoms with Crippen LogP contribution in [0, 0.1) is 12.7 Å². The number of nitrogens with one attached hydrogen (secondary N) is 1. The lowest BCUT2D eigenvalue weighted by Crippen LogP contribution is -2.39. The lowest BCUT2D eigenvalue weighted by atomic mass is 9.98. The fourth-order valence-electron chi connectivity index (χ4n) is 4.22. The van der Waals surface area contributed by atoms with Gasteiger partial charge in [0.05, 0.1) is 6.04 Å². The average molecular weight is 414 g/mol. The first-order chi connectivity index (χ1) is 14.2. The number of anilines is 2. The Labute approximate surface area is 173 Å². The first-order valence-corrected chi connectivity index (χ1v) is 11.0. The van der Waals surface area contributed by atoms with Crippen LogP contribution in [0.3, 0.4) is 0 Å². The fraction of sp³-hybridized carbons (Fsp3) is 0.500. The van der Waals surface area contributed by atoms with Crippen LogP contribution in [0.1, 0.15) is 48.9 Å². The number of rotatable bonds is 4. The van der Waals surface area contributed by atoms with E-state index in [4.69, 9.17) is 10.1 Å². The minimum Gasteiger partial charge on any atom is -0.350 e. The van der Waals surface area contributed by atoms with Gasteiger partial charge in [-0.15, -0.1) is 5.10 Å². The van der Waals surface area contributed by atoms with Gasteiger partial charge in [0.25, 0.3) is 0 Å². The molecule has 1 saturated heterocycles.